The molecule has 0 radical (unpaired) electrons. The molecule has 1 aliphatic heterocycles. The molecule has 3 rings (SSSR count). The van der Waals surface area contributed by atoms with Crippen LogP contribution in [0.5, 0.6) is 0 Å². The van der Waals surface area contributed by atoms with Crippen molar-refractivity contribution < 1.29 is 4.79 Å². The predicted molar refractivity (Wildman–Crippen MR) is 113 cm³/mol. The van der Waals surface area contributed by atoms with Crippen molar-refractivity contribution in [1.82, 2.24) is 25.1 Å². The fourth-order valence-electron chi connectivity index (χ4n) is 3.75. The molecule has 1 fully saturated rings. The fraction of sp³-hybridized carbons (Fsp3) is 0.571. The highest BCUT2D eigenvalue weighted by molar-refractivity contribution is 5.80. The number of nitrogens with one attached hydrogen (secondary N) is 2. The number of amides is 1. The van der Waals surface area contributed by atoms with Crippen LogP contribution in [0.25, 0.3) is 11.0 Å². The molecule has 28 heavy (non-hydrogen) atoms. The Morgan fingerprint density at radius 3 is 2.82 bits per heavy atom. The van der Waals surface area contributed by atoms with Crippen molar-refractivity contribution in [3.8, 4) is 0 Å². The van der Waals surface area contributed by atoms with Gasteiger partial charge in [-0.3, -0.25) is 9.79 Å². The van der Waals surface area contributed by atoms with Crippen LogP contribution in [-0.2, 0) is 11.3 Å². The number of rotatable bonds is 7. The van der Waals surface area contributed by atoms with Gasteiger partial charge in [-0.2, -0.15) is 0 Å². The SMILES string of the molecule is CCNC(=NCCCn1cnc2ccccc21)N1CCC(CC(=O)NC)CC1. The second kappa shape index (κ2) is 10.1. The zero-order valence-electron chi connectivity index (χ0n) is 17.0. The molecule has 0 saturated carbocycles. The quantitative estimate of drug-likeness (QED) is 0.436. The Bertz CT molecular complexity index is 791. The molecule has 7 nitrogen and oxygen atoms in total. The molecule has 1 aromatic heterocycles. The number of imidazole rings is 1. The van der Waals surface area contributed by atoms with E-state index in [1.165, 1.54) is 5.52 Å². The lowest BCUT2D eigenvalue weighted by Crippen LogP contribution is -2.46. The molecular formula is C21H32N6O. The van der Waals surface area contributed by atoms with E-state index in [9.17, 15) is 4.79 Å². The van der Waals surface area contributed by atoms with Gasteiger partial charge in [-0.15, -0.1) is 0 Å². The third kappa shape index (κ3) is 5.24. The lowest BCUT2D eigenvalue weighted by Gasteiger charge is -2.34. The number of likely N-dealkylation sites (tertiary alicyclic amines) is 1. The largest absolute Gasteiger partial charge is 0.359 e. The molecule has 0 bridgehead atoms. The smallest absolute Gasteiger partial charge is 0.220 e. The molecule has 1 saturated heterocycles. The number of hydrogen-bond donors (Lipinski definition) is 2. The number of carbonyl (C=O) groups is 1. The summed E-state index contributed by atoms with van der Waals surface area (Å²) in [6.45, 7) is 6.58. The van der Waals surface area contributed by atoms with Gasteiger partial charge in [-0.25, -0.2) is 4.98 Å². The van der Waals surface area contributed by atoms with Crippen molar-refractivity contribution >= 4 is 22.9 Å². The van der Waals surface area contributed by atoms with Crippen LogP contribution in [0.4, 0.5) is 0 Å². The third-order valence-electron chi connectivity index (χ3n) is 5.35. The molecule has 0 aliphatic carbocycles. The van der Waals surface area contributed by atoms with Crippen molar-refractivity contribution in [3.05, 3.63) is 30.6 Å². The molecule has 7 heteroatoms. The Balaban J connectivity index is 1.49. The summed E-state index contributed by atoms with van der Waals surface area (Å²) in [5.41, 5.74) is 2.22. The van der Waals surface area contributed by atoms with Crippen molar-refractivity contribution in [3.63, 3.8) is 0 Å². The van der Waals surface area contributed by atoms with Gasteiger partial charge in [0.2, 0.25) is 5.91 Å². The minimum absolute atomic E-state index is 0.144. The highest BCUT2D eigenvalue weighted by Gasteiger charge is 2.22. The number of fused-ring (bicyclic) bond motifs is 1. The number of piperidine rings is 1. The summed E-state index contributed by atoms with van der Waals surface area (Å²) in [6.07, 6.45) is 5.60. The van der Waals surface area contributed by atoms with Gasteiger partial charge in [0.05, 0.1) is 17.4 Å². The zero-order chi connectivity index (χ0) is 19.8. The second-order valence-corrected chi connectivity index (χ2v) is 7.32. The standard InChI is InChI=1S/C21H32N6O/c1-3-23-21(26-13-9-17(10-14-26)15-20(28)22-2)24-11-6-12-27-16-25-18-7-4-5-8-19(18)27/h4-5,7-8,16-17H,3,6,9-15H2,1-2H3,(H,22,28)(H,23,24). The number of benzene rings is 1. The Morgan fingerprint density at radius 2 is 2.07 bits per heavy atom. The first-order valence-electron chi connectivity index (χ1n) is 10.3. The van der Waals surface area contributed by atoms with Gasteiger partial charge in [0.1, 0.15) is 0 Å². The van der Waals surface area contributed by atoms with Gasteiger partial charge < -0.3 is 20.1 Å². The number of guanidine groups is 1. The van der Waals surface area contributed by atoms with Gasteiger partial charge in [-0.1, -0.05) is 12.1 Å². The van der Waals surface area contributed by atoms with E-state index in [-0.39, 0.29) is 5.91 Å². The second-order valence-electron chi connectivity index (χ2n) is 7.32. The summed E-state index contributed by atoms with van der Waals surface area (Å²) in [5, 5.41) is 6.15. The molecular weight excluding hydrogens is 352 g/mol. The number of carbonyl (C=O) groups excluding carboxylic acids is 1. The summed E-state index contributed by atoms with van der Waals surface area (Å²) < 4.78 is 2.20. The van der Waals surface area contributed by atoms with Crippen molar-refractivity contribution in [2.24, 2.45) is 10.9 Å². The number of aliphatic imine (C=N–C) groups is 1. The molecule has 1 aliphatic rings. The number of nitrogens with zero attached hydrogens (tertiary/aromatic N) is 4. The molecule has 0 spiro atoms. The predicted octanol–water partition coefficient (Wildman–Crippen LogP) is 2.24. The first kappa shape index (κ1) is 20.2. The van der Waals surface area contributed by atoms with E-state index in [1.54, 1.807) is 7.05 Å². The van der Waals surface area contributed by atoms with E-state index < -0.39 is 0 Å². The molecule has 1 amide bonds. The number of para-hydroxylation sites is 2. The van der Waals surface area contributed by atoms with Gasteiger partial charge >= 0.3 is 0 Å². The monoisotopic (exact) mass is 384 g/mol. The summed E-state index contributed by atoms with van der Waals surface area (Å²) in [4.78, 5) is 23.2. The Morgan fingerprint density at radius 1 is 1.29 bits per heavy atom. The van der Waals surface area contributed by atoms with Crippen LogP contribution in [-0.4, -0.2) is 59.5 Å². The lowest BCUT2D eigenvalue weighted by molar-refractivity contribution is -0.121. The molecule has 0 atom stereocenters. The number of aromatic nitrogens is 2. The van der Waals surface area contributed by atoms with E-state index in [4.69, 9.17) is 4.99 Å². The molecule has 2 heterocycles. The molecule has 2 aromatic rings. The Hall–Kier alpha value is -2.57. The minimum atomic E-state index is 0.144. The van der Waals surface area contributed by atoms with Gasteiger partial charge in [0, 0.05) is 46.2 Å². The van der Waals surface area contributed by atoms with E-state index in [2.05, 4.69) is 44.1 Å². The average molecular weight is 385 g/mol. The van der Waals surface area contributed by atoms with Crippen LogP contribution >= 0.6 is 0 Å². The van der Waals surface area contributed by atoms with Crippen LogP contribution in [0.3, 0.4) is 0 Å². The average Bonchev–Trinajstić information content (AvgIpc) is 3.14. The molecule has 152 valence electrons. The molecule has 0 unspecified atom stereocenters. The van der Waals surface area contributed by atoms with Crippen LogP contribution in [0.15, 0.2) is 35.6 Å². The van der Waals surface area contributed by atoms with Crippen molar-refractivity contribution in [2.75, 3.05) is 33.2 Å². The first-order valence-corrected chi connectivity index (χ1v) is 10.3. The van der Waals surface area contributed by atoms with Crippen LogP contribution in [0.2, 0.25) is 0 Å². The fourth-order valence-corrected chi connectivity index (χ4v) is 3.75. The Labute approximate surface area is 167 Å². The third-order valence-corrected chi connectivity index (χ3v) is 5.35. The van der Waals surface area contributed by atoms with Crippen LogP contribution in [0, 0.1) is 5.92 Å². The summed E-state index contributed by atoms with van der Waals surface area (Å²) >= 11 is 0. The van der Waals surface area contributed by atoms with E-state index >= 15 is 0 Å². The number of aryl methyl sites for hydroxylation is 1. The minimum Gasteiger partial charge on any atom is -0.359 e. The number of hydrogen-bond acceptors (Lipinski definition) is 3. The molecule has 2 N–H and O–H groups in total. The summed E-state index contributed by atoms with van der Waals surface area (Å²) in [6, 6.07) is 8.22. The maximum atomic E-state index is 11.6. The lowest BCUT2D eigenvalue weighted by atomic mass is 9.93. The van der Waals surface area contributed by atoms with E-state index in [1.807, 2.05) is 18.5 Å². The van der Waals surface area contributed by atoms with E-state index in [0.717, 1.165) is 63.5 Å². The van der Waals surface area contributed by atoms with Crippen molar-refractivity contribution in [1.29, 1.82) is 0 Å². The van der Waals surface area contributed by atoms with Gasteiger partial charge in [-0.05, 0) is 44.2 Å². The highest BCUT2D eigenvalue weighted by atomic mass is 16.1. The summed E-state index contributed by atoms with van der Waals surface area (Å²) in [5.74, 6) is 1.62. The normalized spacial score (nSPS) is 15.8. The summed E-state index contributed by atoms with van der Waals surface area (Å²) in [7, 11) is 1.71. The zero-order valence-corrected chi connectivity index (χ0v) is 17.0. The Kier molecular flexibility index (Phi) is 7.28. The topological polar surface area (TPSA) is 74.5 Å². The van der Waals surface area contributed by atoms with E-state index in [0.29, 0.717) is 12.3 Å². The van der Waals surface area contributed by atoms with Crippen molar-refractivity contribution in [2.45, 2.75) is 39.2 Å². The van der Waals surface area contributed by atoms with Crippen LogP contribution < -0.4 is 10.6 Å². The first-order chi connectivity index (χ1) is 13.7. The maximum Gasteiger partial charge on any atom is 0.220 e. The maximum absolute atomic E-state index is 11.6. The van der Waals surface area contributed by atoms with Crippen LogP contribution in [0.1, 0.15) is 32.6 Å². The highest BCUT2D eigenvalue weighted by Crippen LogP contribution is 2.20. The molecule has 1 aromatic carbocycles. The van der Waals surface area contributed by atoms with Gasteiger partial charge in [0.25, 0.3) is 0 Å². The van der Waals surface area contributed by atoms with Gasteiger partial charge in [0.15, 0.2) is 5.96 Å².